The molecule has 0 radical (unpaired) electrons. The highest BCUT2D eigenvalue weighted by molar-refractivity contribution is 5.92. The van der Waals surface area contributed by atoms with Gasteiger partial charge in [-0.3, -0.25) is 9.69 Å². The van der Waals surface area contributed by atoms with E-state index in [0.29, 0.717) is 12.2 Å². The molecular weight excluding hydrogens is 255 g/mol. The quantitative estimate of drug-likeness (QED) is 0.930. The molecule has 1 aliphatic heterocycles. The molecule has 1 heterocycles. The molecule has 3 nitrogen and oxygen atoms in total. The van der Waals surface area contributed by atoms with E-state index in [1.165, 1.54) is 23.3 Å². The number of carbonyl (C=O) groups excluding carboxylic acids is 1. The number of rotatable bonds is 3. The molecule has 1 amide bonds. The van der Waals surface area contributed by atoms with E-state index in [-0.39, 0.29) is 11.7 Å². The van der Waals surface area contributed by atoms with Crippen LogP contribution in [0.4, 0.5) is 10.1 Å². The fourth-order valence-electron chi connectivity index (χ4n) is 2.45. The van der Waals surface area contributed by atoms with Gasteiger partial charge in [-0.1, -0.05) is 24.3 Å². The SMILES string of the molecule is O=C(CN1Cc2ccccc2C1)Nc1ccc(F)cc1. The predicted molar refractivity (Wildman–Crippen MR) is 75.6 cm³/mol. The van der Waals surface area contributed by atoms with Gasteiger partial charge in [-0.2, -0.15) is 0 Å². The van der Waals surface area contributed by atoms with Crippen LogP contribution < -0.4 is 5.32 Å². The highest BCUT2D eigenvalue weighted by Gasteiger charge is 2.20. The first kappa shape index (κ1) is 12.8. The number of nitrogens with one attached hydrogen (secondary N) is 1. The van der Waals surface area contributed by atoms with Crippen molar-refractivity contribution in [1.82, 2.24) is 4.90 Å². The molecule has 0 fully saturated rings. The number of amides is 1. The molecule has 0 saturated carbocycles. The molecule has 102 valence electrons. The molecule has 20 heavy (non-hydrogen) atoms. The van der Waals surface area contributed by atoms with E-state index in [2.05, 4.69) is 22.3 Å². The standard InChI is InChI=1S/C16H15FN2O/c17-14-5-7-15(8-6-14)18-16(20)11-19-9-12-3-1-2-4-13(12)10-19/h1-8H,9-11H2,(H,18,20). The van der Waals surface area contributed by atoms with Crippen LogP contribution in [0.5, 0.6) is 0 Å². The number of halogens is 1. The Morgan fingerprint density at radius 1 is 1.05 bits per heavy atom. The number of hydrogen-bond donors (Lipinski definition) is 1. The van der Waals surface area contributed by atoms with Crippen LogP contribution in [0.3, 0.4) is 0 Å². The smallest absolute Gasteiger partial charge is 0.238 e. The van der Waals surface area contributed by atoms with E-state index >= 15 is 0 Å². The average Bonchev–Trinajstić information content (AvgIpc) is 2.83. The summed E-state index contributed by atoms with van der Waals surface area (Å²) in [4.78, 5) is 14.0. The van der Waals surface area contributed by atoms with Crippen molar-refractivity contribution in [2.24, 2.45) is 0 Å². The first-order chi connectivity index (χ1) is 9.70. The van der Waals surface area contributed by atoms with Crippen molar-refractivity contribution in [2.45, 2.75) is 13.1 Å². The van der Waals surface area contributed by atoms with E-state index in [4.69, 9.17) is 0 Å². The maximum absolute atomic E-state index is 12.8. The molecule has 2 aromatic rings. The number of nitrogens with zero attached hydrogens (tertiary/aromatic N) is 1. The number of benzene rings is 2. The third kappa shape index (κ3) is 2.86. The van der Waals surface area contributed by atoms with Crippen molar-refractivity contribution in [3.63, 3.8) is 0 Å². The predicted octanol–water partition coefficient (Wildman–Crippen LogP) is 2.78. The van der Waals surface area contributed by atoms with E-state index in [1.54, 1.807) is 12.1 Å². The Balaban J connectivity index is 1.57. The maximum atomic E-state index is 12.8. The van der Waals surface area contributed by atoms with Crippen LogP contribution in [0.15, 0.2) is 48.5 Å². The molecule has 0 saturated heterocycles. The molecule has 2 aromatic carbocycles. The fourth-order valence-corrected chi connectivity index (χ4v) is 2.45. The fraction of sp³-hybridized carbons (Fsp3) is 0.188. The van der Waals surface area contributed by atoms with Crippen molar-refractivity contribution < 1.29 is 9.18 Å². The molecular formula is C16H15FN2O. The van der Waals surface area contributed by atoms with Gasteiger partial charge in [-0.05, 0) is 35.4 Å². The molecule has 0 atom stereocenters. The van der Waals surface area contributed by atoms with E-state index in [9.17, 15) is 9.18 Å². The van der Waals surface area contributed by atoms with Crippen LogP contribution in [0, 0.1) is 5.82 Å². The second kappa shape index (κ2) is 5.43. The van der Waals surface area contributed by atoms with Crippen molar-refractivity contribution in [2.75, 3.05) is 11.9 Å². The number of fused-ring (bicyclic) bond motifs is 1. The lowest BCUT2D eigenvalue weighted by Gasteiger charge is -2.14. The van der Waals surface area contributed by atoms with Crippen molar-refractivity contribution in [3.8, 4) is 0 Å². The molecule has 1 aliphatic rings. The van der Waals surface area contributed by atoms with E-state index in [0.717, 1.165) is 13.1 Å². The number of carbonyl (C=O) groups is 1. The topological polar surface area (TPSA) is 32.3 Å². The van der Waals surface area contributed by atoms with E-state index < -0.39 is 0 Å². The zero-order valence-corrected chi connectivity index (χ0v) is 11.0. The Morgan fingerprint density at radius 2 is 1.65 bits per heavy atom. The van der Waals surface area contributed by atoms with Gasteiger partial charge in [-0.25, -0.2) is 4.39 Å². The molecule has 0 aliphatic carbocycles. The van der Waals surface area contributed by atoms with Gasteiger partial charge in [0.15, 0.2) is 0 Å². The summed E-state index contributed by atoms with van der Waals surface area (Å²) < 4.78 is 12.8. The zero-order valence-electron chi connectivity index (χ0n) is 11.0. The zero-order chi connectivity index (χ0) is 13.9. The van der Waals surface area contributed by atoms with Crippen molar-refractivity contribution in [3.05, 3.63) is 65.5 Å². The highest BCUT2D eigenvalue weighted by Crippen LogP contribution is 2.21. The Bertz CT molecular complexity index is 600. The summed E-state index contributed by atoms with van der Waals surface area (Å²) in [6.07, 6.45) is 0. The van der Waals surface area contributed by atoms with Gasteiger partial charge in [0.1, 0.15) is 5.82 Å². The van der Waals surface area contributed by atoms with Crippen LogP contribution in [0.25, 0.3) is 0 Å². The third-order valence-electron chi connectivity index (χ3n) is 3.40. The Kier molecular flexibility index (Phi) is 3.48. The summed E-state index contributed by atoms with van der Waals surface area (Å²) in [5.41, 5.74) is 3.18. The van der Waals surface area contributed by atoms with Crippen molar-refractivity contribution in [1.29, 1.82) is 0 Å². The average molecular weight is 270 g/mol. The lowest BCUT2D eigenvalue weighted by molar-refractivity contribution is -0.117. The van der Waals surface area contributed by atoms with Gasteiger partial charge in [0, 0.05) is 18.8 Å². The summed E-state index contributed by atoms with van der Waals surface area (Å²) in [6.45, 7) is 1.94. The van der Waals surface area contributed by atoms with Gasteiger partial charge in [0.05, 0.1) is 6.54 Å². The van der Waals surface area contributed by atoms with Crippen LogP contribution in [-0.4, -0.2) is 17.4 Å². The first-order valence-corrected chi connectivity index (χ1v) is 6.55. The minimum Gasteiger partial charge on any atom is -0.325 e. The molecule has 3 rings (SSSR count). The monoisotopic (exact) mass is 270 g/mol. The normalized spacial score (nSPS) is 14.1. The summed E-state index contributed by atoms with van der Waals surface area (Å²) >= 11 is 0. The van der Waals surface area contributed by atoms with Gasteiger partial charge < -0.3 is 5.32 Å². The van der Waals surface area contributed by atoms with Crippen LogP contribution in [0.2, 0.25) is 0 Å². The summed E-state index contributed by atoms with van der Waals surface area (Å²) in [7, 11) is 0. The summed E-state index contributed by atoms with van der Waals surface area (Å²) in [5.74, 6) is -0.387. The van der Waals surface area contributed by atoms with Gasteiger partial charge in [-0.15, -0.1) is 0 Å². The minimum atomic E-state index is -0.307. The minimum absolute atomic E-state index is 0.0792. The van der Waals surface area contributed by atoms with Crippen LogP contribution in [-0.2, 0) is 17.9 Å². The van der Waals surface area contributed by atoms with E-state index in [1.807, 2.05) is 12.1 Å². The second-order valence-corrected chi connectivity index (χ2v) is 4.97. The summed E-state index contributed by atoms with van der Waals surface area (Å²) in [6, 6.07) is 14.0. The maximum Gasteiger partial charge on any atom is 0.238 e. The molecule has 0 unspecified atom stereocenters. The molecule has 0 aromatic heterocycles. The lowest BCUT2D eigenvalue weighted by Crippen LogP contribution is -2.29. The number of hydrogen-bond acceptors (Lipinski definition) is 2. The Morgan fingerprint density at radius 3 is 2.25 bits per heavy atom. The van der Waals surface area contributed by atoms with Gasteiger partial charge in [0.2, 0.25) is 5.91 Å². The molecule has 4 heteroatoms. The summed E-state index contributed by atoms with van der Waals surface area (Å²) in [5, 5.41) is 2.78. The largest absolute Gasteiger partial charge is 0.325 e. The van der Waals surface area contributed by atoms with Crippen molar-refractivity contribution >= 4 is 11.6 Å². The molecule has 1 N–H and O–H groups in total. The Hall–Kier alpha value is -2.20. The third-order valence-corrected chi connectivity index (χ3v) is 3.40. The molecule has 0 spiro atoms. The van der Waals surface area contributed by atoms with Gasteiger partial charge >= 0.3 is 0 Å². The lowest BCUT2D eigenvalue weighted by atomic mass is 10.1. The number of anilines is 1. The molecule has 0 bridgehead atoms. The highest BCUT2D eigenvalue weighted by atomic mass is 19.1. The van der Waals surface area contributed by atoms with Gasteiger partial charge in [0.25, 0.3) is 0 Å². The first-order valence-electron chi connectivity index (χ1n) is 6.55. The second-order valence-electron chi connectivity index (χ2n) is 4.97. The Labute approximate surface area is 117 Å². The van der Waals surface area contributed by atoms with Crippen LogP contribution in [0.1, 0.15) is 11.1 Å². The van der Waals surface area contributed by atoms with Crippen LogP contribution >= 0.6 is 0 Å².